The molecule has 1 spiro atoms. The van der Waals surface area contributed by atoms with Gasteiger partial charge >= 0.3 is 0 Å². The Labute approximate surface area is 66.4 Å². The van der Waals surface area contributed by atoms with Crippen LogP contribution in [0.1, 0.15) is 12.8 Å². The summed E-state index contributed by atoms with van der Waals surface area (Å²) in [7, 11) is 1.62. The minimum atomic E-state index is 0.270. The van der Waals surface area contributed by atoms with Crippen molar-refractivity contribution in [3.05, 3.63) is 12.5 Å². The molecule has 2 aliphatic rings. The first-order valence-electron chi connectivity index (χ1n) is 3.87. The lowest BCUT2D eigenvalue weighted by atomic mass is 9.80. The topological polar surface area (TPSA) is 33.8 Å². The predicted molar refractivity (Wildman–Crippen MR) is 41.0 cm³/mol. The van der Waals surface area contributed by atoms with Gasteiger partial charge in [-0.3, -0.25) is 0 Å². The van der Waals surface area contributed by atoms with E-state index in [1.165, 1.54) is 0 Å². The van der Waals surface area contributed by atoms with Crippen LogP contribution in [0.5, 0.6) is 0 Å². The highest BCUT2D eigenvalue weighted by Gasteiger charge is 2.55. The molecule has 1 heterocycles. The fraction of sp³-hybridized carbons (Fsp3) is 0.750. The van der Waals surface area contributed by atoms with Crippen molar-refractivity contribution in [1.29, 1.82) is 0 Å². The van der Waals surface area contributed by atoms with Crippen molar-refractivity contribution in [2.45, 2.75) is 24.5 Å². The van der Waals surface area contributed by atoms with E-state index in [0.717, 1.165) is 19.4 Å². The summed E-state index contributed by atoms with van der Waals surface area (Å²) in [5.74, 6) is 0.658. The summed E-state index contributed by atoms with van der Waals surface area (Å²) in [5.41, 5.74) is 0.270. The highest BCUT2D eigenvalue weighted by atomic mass is 16.6. The number of epoxide rings is 1. The molecule has 1 aliphatic carbocycles. The molecule has 3 nitrogen and oxygen atoms in total. The van der Waals surface area contributed by atoms with E-state index in [9.17, 15) is 0 Å². The van der Waals surface area contributed by atoms with Gasteiger partial charge in [-0.05, 0) is 19.4 Å². The number of methoxy groups -OCH3 is 1. The van der Waals surface area contributed by atoms with Crippen molar-refractivity contribution in [3.63, 3.8) is 0 Å². The number of ether oxygens (including phenoxy) is 2. The van der Waals surface area contributed by atoms with Gasteiger partial charge in [-0.25, -0.2) is 0 Å². The molecule has 1 saturated carbocycles. The third kappa shape index (κ3) is 1.20. The molecule has 0 aromatic rings. The zero-order valence-electron chi connectivity index (χ0n) is 6.72. The lowest BCUT2D eigenvalue weighted by Crippen LogP contribution is -2.46. The third-order valence-electron chi connectivity index (χ3n) is 2.40. The summed E-state index contributed by atoms with van der Waals surface area (Å²) in [5, 5.41) is 3.16. The highest BCUT2D eigenvalue weighted by molar-refractivity contribution is 5.09. The van der Waals surface area contributed by atoms with Crippen LogP contribution < -0.4 is 5.32 Å². The normalized spacial score (nSPS) is 39.5. The van der Waals surface area contributed by atoms with E-state index in [-0.39, 0.29) is 5.60 Å². The first-order chi connectivity index (χ1) is 5.24. The predicted octanol–water partition coefficient (Wildman–Crippen LogP) is 0.625. The van der Waals surface area contributed by atoms with Gasteiger partial charge < -0.3 is 14.8 Å². The van der Waals surface area contributed by atoms with Crippen LogP contribution in [-0.2, 0) is 9.47 Å². The number of hydrogen-bond donors (Lipinski definition) is 1. The zero-order valence-corrected chi connectivity index (χ0v) is 6.72. The van der Waals surface area contributed by atoms with Gasteiger partial charge in [0.15, 0.2) is 5.88 Å². The minimum Gasteiger partial charge on any atom is -0.483 e. The Morgan fingerprint density at radius 3 is 2.82 bits per heavy atom. The van der Waals surface area contributed by atoms with Crippen molar-refractivity contribution in [1.82, 2.24) is 5.32 Å². The molecule has 0 atom stereocenters. The van der Waals surface area contributed by atoms with Crippen LogP contribution in [0.15, 0.2) is 12.5 Å². The summed E-state index contributed by atoms with van der Waals surface area (Å²) in [4.78, 5) is 0. The van der Waals surface area contributed by atoms with Crippen molar-refractivity contribution in [3.8, 4) is 0 Å². The molecule has 62 valence electrons. The number of hydrogen-bond acceptors (Lipinski definition) is 3. The molecule has 2 rings (SSSR count). The molecule has 0 bridgehead atoms. The Balaban J connectivity index is 1.70. The van der Waals surface area contributed by atoms with Gasteiger partial charge in [0.05, 0.1) is 19.3 Å². The average molecular weight is 155 g/mol. The van der Waals surface area contributed by atoms with Gasteiger partial charge in [-0.2, -0.15) is 0 Å². The van der Waals surface area contributed by atoms with E-state index in [2.05, 4.69) is 11.9 Å². The van der Waals surface area contributed by atoms with Gasteiger partial charge in [0.1, 0.15) is 0 Å². The molecule has 1 N–H and O–H groups in total. The summed E-state index contributed by atoms with van der Waals surface area (Å²) >= 11 is 0. The lowest BCUT2D eigenvalue weighted by molar-refractivity contribution is 0.135. The van der Waals surface area contributed by atoms with Crippen LogP contribution in [-0.4, -0.2) is 25.4 Å². The van der Waals surface area contributed by atoms with Crippen LogP contribution in [0.3, 0.4) is 0 Å². The van der Waals surface area contributed by atoms with Crippen molar-refractivity contribution in [2.75, 3.05) is 13.7 Å². The monoisotopic (exact) mass is 155 g/mol. The van der Waals surface area contributed by atoms with Crippen LogP contribution >= 0.6 is 0 Å². The Bertz CT molecular complexity index is 179. The smallest absolute Gasteiger partial charge is 0.179 e. The standard InChI is InChI=1S/C8H13NO2/c1-6(10-2)9-7-3-8(4-7)5-11-8/h7,9H,1,3-5H2,2H3. The number of nitrogens with one attached hydrogen (secondary N) is 1. The van der Waals surface area contributed by atoms with Gasteiger partial charge in [0.2, 0.25) is 0 Å². The molecule has 3 heteroatoms. The molecule has 0 aromatic heterocycles. The van der Waals surface area contributed by atoms with Crippen LogP contribution in [0, 0.1) is 0 Å². The van der Waals surface area contributed by atoms with Gasteiger partial charge in [0, 0.05) is 6.04 Å². The van der Waals surface area contributed by atoms with Crippen molar-refractivity contribution in [2.24, 2.45) is 0 Å². The molecule has 0 radical (unpaired) electrons. The summed E-state index contributed by atoms with van der Waals surface area (Å²) in [6.45, 7) is 4.64. The maximum absolute atomic E-state index is 5.27. The number of rotatable bonds is 3. The second-order valence-corrected chi connectivity index (χ2v) is 3.35. The molecular weight excluding hydrogens is 142 g/mol. The quantitative estimate of drug-likeness (QED) is 0.479. The molecule has 0 unspecified atom stereocenters. The zero-order chi connectivity index (χ0) is 7.90. The summed E-state index contributed by atoms with van der Waals surface area (Å²) < 4.78 is 10.2. The van der Waals surface area contributed by atoms with Gasteiger partial charge in [-0.1, -0.05) is 0 Å². The molecule has 11 heavy (non-hydrogen) atoms. The fourth-order valence-electron chi connectivity index (χ4n) is 1.56. The van der Waals surface area contributed by atoms with Crippen LogP contribution in [0.2, 0.25) is 0 Å². The lowest BCUT2D eigenvalue weighted by Gasteiger charge is -2.34. The average Bonchev–Trinajstić information content (AvgIpc) is 2.66. The van der Waals surface area contributed by atoms with E-state index in [1.54, 1.807) is 7.11 Å². The highest BCUT2D eigenvalue weighted by Crippen LogP contribution is 2.46. The summed E-state index contributed by atoms with van der Waals surface area (Å²) in [6.07, 6.45) is 2.21. The Hall–Kier alpha value is -0.700. The molecule has 2 fully saturated rings. The minimum absolute atomic E-state index is 0.270. The molecular formula is C8H13NO2. The van der Waals surface area contributed by atoms with Crippen molar-refractivity contribution < 1.29 is 9.47 Å². The second-order valence-electron chi connectivity index (χ2n) is 3.35. The Morgan fingerprint density at radius 2 is 2.36 bits per heavy atom. The molecule has 1 aliphatic heterocycles. The SMILES string of the molecule is C=C(NC1CC2(CO2)C1)OC. The molecule has 1 saturated heterocycles. The van der Waals surface area contributed by atoms with E-state index < -0.39 is 0 Å². The first-order valence-corrected chi connectivity index (χ1v) is 3.87. The largest absolute Gasteiger partial charge is 0.483 e. The van der Waals surface area contributed by atoms with Gasteiger partial charge in [-0.15, -0.1) is 0 Å². The maximum Gasteiger partial charge on any atom is 0.179 e. The van der Waals surface area contributed by atoms with E-state index in [0.29, 0.717) is 11.9 Å². The third-order valence-corrected chi connectivity index (χ3v) is 2.40. The van der Waals surface area contributed by atoms with E-state index in [4.69, 9.17) is 9.47 Å². The van der Waals surface area contributed by atoms with E-state index >= 15 is 0 Å². The maximum atomic E-state index is 5.27. The van der Waals surface area contributed by atoms with Gasteiger partial charge in [0.25, 0.3) is 0 Å². The second kappa shape index (κ2) is 2.14. The van der Waals surface area contributed by atoms with E-state index in [1.807, 2.05) is 0 Å². The molecule has 0 amide bonds. The summed E-state index contributed by atoms with van der Waals surface area (Å²) in [6, 6.07) is 0.518. The van der Waals surface area contributed by atoms with Crippen LogP contribution in [0.4, 0.5) is 0 Å². The fourth-order valence-corrected chi connectivity index (χ4v) is 1.56. The van der Waals surface area contributed by atoms with Crippen LogP contribution in [0.25, 0.3) is 0 Å². The Morgan fingerprint density at radius 1 is 1.73 bits per heavy atom. The first kappa shape index (κ1) is 6.98. The molecule has 0 aromatic carbocycles. The van der Waals surface area contributed by atoms with Crippen molar-refractivity contribution >= 4 is 0 Å². The Kier molecular flexibility index (Phi) is 1.36.